The number of amides is 2. The molecule has 2 amide bonds. The number of benzene rings is 2. The number of ether oxygens (including phenoxy) is 2. The van der Waals surface area contributed by atoms with Gasteiger partial charge in [0.15, 0.2) is 11.5 Å². The minimum absolute atomic E-state index is 0.199. The molecule has 0 aliphatic carbocycles. The van der Waals surface area contributed by atoms with E-state index in [9.17, 15) is 9.59 Å². The van der Waals surface area contributed by atoms with E-state index < -0.39 is 5.91 Å². The molecule has 25 heavy (non-hydrogen) atoms. The molecule has 3 rings (SSSR count). The molecule has 2 aromatic carbocycles. The summed E-state index contributed by atoms with van der Waals surface area (Å²) in [5, 5.41) is 6.52. The standard InChI is InChI=1S/C18H17N3O4/c22-17(19-10-13-4-2-1-3-5-13)9-18(23)21-20-11-14-6-7-15-16(8-14)25-12-24-15/h1-8,11H,9-10,12H2,(H,19,22)(H,21,23)/b20-11-. The van der Waals surface area contributed by atoms with Crippen LogP contribution in [0.25, 0.3) is 0 Å². The molecule has 0 aromatic heterocycles. The first-order chi connectivity index (χ1) is 12.2. The van der Waals surface area contributed by atoms with Crippen molar-refractivity contribution in [3.63, 3.8) is 0 Å². The number of fused-ring (bicyclic) bond motifs is 1. The van der Waals surface area contributed by atoms with E-state index in [1.807, 2.05) is 30.3 Å². The van der Waals surface area contributed by atoms with Gasteiger partial charge in [0.1, 0.15) is 6.42 Å². The Morgan fingerprint density at radius 3 is 2.68 bits per heavy atom. The molecule has 2 N–H and O–H groups in total. The lowest BCUT2D eigenvalue weighted by molar-refractivity contribution is -0.129. The molecule has 0 saturated carbocycles. The number of rotatable bonds is 6. The van der Waals surface area contributed by atoms with Gasteiger partial charge in [-0.25, -0.2) is 5.43 Å². The summed E-state index contributed by atoms with van der Waals surface area (Å²) in [5.74, 6) is 0.467. The van der Waals surface area contributed by atoms with Gasteiger partial charge in [0, 0.05) is 6.54 Å². The van der Waals surface area contributed by atoms with E-state index in [-0.39, 0.29) is 19.1 Å². The summed E-state index contributed by atoms with van der Waals surface area (Å²) in [6.45, 7) is 0.582. The lowest BCUT2D eigenvalue weighted by Crippen LogP contribution is -2.29. The largest absolute Gasteiger partial charge is 0.454 e. The van der Waals surface area contributed by atoms with Gasteiger partial charge < -0.3 is 14.8 Å². The van der Waals surface area contributed by atoms with Crippen LogP contribution in [0.15, 0.2) is 53.6 Å². The van der Waals surface area contributed by atoms with Crippen molar-refractivity contribution in [2.24, 2.45) is 5.10 Å². The van der Waals surface area contributed by atoms with Crippen molar-refractivity contribution in [2.75, 3.05) is 6.79 Å². The number of nitrogens with zero attached hydrogens (tertiary/aromatic N) is 1. The van der Waals surface area contributed by atoms with E-state index in [4.69, 9.17) is 9.47 Å². The summed E-state index contributed by atoms with van der Waals surface area (Å²) in [5.41, 5.74) is 4.04. The van der Waals surface area contributed by atoms with Crippen molar-refractivity contribution < 1.29 is 19.1 Å². The van der Waals surface area contributed by atoms with Crippen LogP contribution in [0.3, 0.4) is 0 Å². The molecule has 1 aliphatic heterocycles. The molecule has 2 aromatic rings. The zero-order chi connectivity index (χ0) is 17.5. The van der Waals surface area contributed by atoms with Crippen LogP contribution in [0.5, 0.6) is 11.5 Å². The summed E-state index contributed by atoms with van der Waals surface area (Å²) in [6.07, 6.45) is 1.19. The molecule has 128 valence electrons. The van der Waals surface area contributed by atoms with Crippen molar-refractivity contribution in [2.45, 2.75) is 13.0 Å². The minimum atomic E-state index is -0.484. The Kier molecular flexibility index (Phi) is 5.26. The third-order valence-electron chi connectivity index (χ3n) is 3.45. The van der Waals surface area contributed by atoms with E-state index >= 15 is 0 Å². The zero-order valence-corrected chi connectivity index (χ0v) is 13.4. The monoisotopic (exact) mass is 339 g/mol. The molecule has 0 fully saturated rings. The highest BCUT2D eigenvalue weighted by atomic mass is 16.7. The number of hydrogen-bond acceptors (Lipinski definition) is 5. The van der Waals surface area contributed by atoms with Crippen molar-refractivity contribution in [3.05, 3.63) is 59.7 Å². The fourth-order valence-electron chi connectivity index (χ4n) is 2.22. The molecule has 7 heteroatoms. The van der Waals surface area contributed by atoms with Gasteiger partial charge in [-0.3, -0.25) is 9.59 Å². The first-order valence-corrected chi connectivity index (χ1v) is 7.73. The molecule has 0 unspecified atom stereocenters. The smallest absolute Gasteiger partial charge is 0.249 e. The molecule has 1 aliphatic rings. The Morgan fingerprint density at radius 1 is 1.04 bits per heavy atom. The van der Waals surface area contributed by atoms with E-state index in [1.54, 1.807) is 18.2 Å². The maximum Gasteiger partial charge on any atom is 0.249 e. The molecule has 0 saturated heterocycles. The summed E-state index contributed by atoms with van der Waals surface area (Å²) in [7, 11) is 0. The predicted molar refractivity (Wildman–Crippen MR) is 91.2 cm³/mol. The van der Waals surface area contributed by atoms with Crippen molar-refractivity contribution in [3.8, 4) is 11.5 Å². The highest BCUT2D eigenvalue weighted by Gasteiger charge is 2.12. The number of hydrogen-bond donors (Lipinski definition) is 2. The third kappa shape index (κ3) is 4.81. The minimum Gasteiger partial charge on any atom is -0.454 e. The highest BCUT2D eigenvalue weighted by molar-refractivity contribution is 5.97. The quantitative estimate of drug-likeness (QED) is 0.475. The van der Waals surface area contributed by atoms with E-state index in [2.05, 4.69) is 15.8 Å². The van der Waals surface area contributed by atoms with Crippen molar-refractivity contribution in [1.82, 2.24) is 10.7 Å². The van der Waals surface area contributed by atoms with Gasteiger partial charge in [0.25, 0.3) is 0 Å². The fraction of sp³-hybridized carbons (Fsp3) is 0.167. The van der Waals surface area contributed by atoms with Gasteiger partial charge in [-0.05, 0) is 29.3 Å². The van der Waals surface area contributed by atoms with Crippen LogP contribution in [0, 0.1) is 0 Å². The third-order valence-corrected chi connectivity index (χ3v) is 3.45. The molecule has 1 heterocycles. The second-order valence-corrected chi connectivity index (χ2v) is 5.34. The van der Waals surface area contributed by atoms with Crippen LogP contribution in [0.4, 0.5) is 0 Å². The maximum atomic E-state index is 11.7. The second kappa shape index (κ2) is 7.96. The van der Waals surface area contributed by atoms with Gasteiger partial charge in [-0.2, -0.15) is 5.10 Å². The molecule has 7 nitrogen and oxygen atoms in total. The predicted octanol–water partition coefficient (Wildman–Crippen LogP) is 1.57. The number of carbonyl (C=O) groups excluding carboxylic acids is 2. The SMILES string of the molecule is O=C(CC(=O)N/N=C\c1ccc2c(c1)OCO2)NCc1ccccc1. The van der Waals surface area contributed by atoms with Crippen LogP contribution in [-0.2, 0) is 16.1 Å². The summed E-state index contributed by atoms with van der Waals surface area (Å²) < 4.78 is 10.5. The Balaban J connectivity index is 1.42. The number of nitrogens with one attached hydrogen (secondary N) is 2. The Bertz CT molecular complexity index is 790. The zero-order valence-electron chi connectivity index (χ0n) is 13.4. The Morgan fingerprint density at radius 2 is 1.84 bits per heavy atom. The van der Waals surface area contributed by atoms with Gasteiger partial charge in [-0.15, -0.1) is 0 Å². The van der Waals surface area contributed by atoms with E-state index in [0.717, 1.165) is 11.1 Å². The molecular formula is C18H17N3O4. The first kappa shape index (κ1) is 16.5. The van der Waals surface area contributed by atoms with E-state index in [1.165, 1.54) is 6.21 Å². The molecule has 0 radical (unpaired) electrons. The van der Waals surface area contributed by atoms with Crippen LogP contribution >= 0.6 is 0 Å². The second-order valence-electron chi connectivity index (χ2n) is 5.34. The molecule has 0 atom stereocenters. The van der Waals surface area contributed by atoms with E-state index in [0.29, 0.717) is 18.0 Å². The van der Waals surface area contributed by atoms with Crippen LogP contribution in [0.1, 0.15) is 17.5 Å². The van der Waals surface area contributed by atoms with Gasteiger partial charge in [0.2, 0.25) is 18.6 Å². The summed E-state index contributed by atoms with van der Waals surface area (Å²) in [6, 6.07) is 14.8. The number of carbonyl (C=O) groups is 2. The molecule has 0 bridgehead atoms. The highest BCUT2D eigenvalue weighted by Crippen LogP contribution is 2.31. The molecular weight excluding hydrogens is 322 g/mol. The maximum absolute atomic E-state index is 11.7. The molecule has 0 spiro atoms. The topological polar surface area (TPSA) is 89.0 Å². The lowest BCUT2D eigenvalue weighted by atomic mass is 10.2. The lowest BCUT2D eigenvalue weighted by Gasteiger charge is -2.04. The van der Waals surface area contributed by atoms with Gasteiger partial charge in [0.05, 0.1) is 6.21 Å². The van der Waals surface area contributed by atoms with Crippen LogP contribution in [0.2, 0.25) is 0 Å². The Labute approximate surface area is 144 Å². The van der Waals surface area contributed by atoms with Crippen LogP contribution in [-0.4, -0.2) is 24.8 Å². The van der Waals surface area contributed by atoms with Crippen molar-refractivity contribution >= 4 is 18.0 Å². The first-order valence-electron chi connectivity index (χ1n) is 7.73. The fourth-order valence-corrected chi connectivity index (χ4v) is 2.22. The van der Waals surface area contributed by atoms with Crippen LogP contribution < -0.4 is 20.2 Å². The van der Waals surface area contributed by atoms with Crippen molar-refractivity contribution in [1.29, 1.82) is 0 Å². The summed E-state index contributed by atoms with van der Waals surface area (Å²) in [4.78, 5) is 23.4. The van der Waals surface area contributed by atoms with Gasteiger partial charge >= 0.3 is 0 Å². The average molecular weight is 339 g/mol. The van der Waals surface area contributed by atoms with Gasteiger partial charge in [-0.1, -0.05) is 30.3 Å². The number of hydrazone groups is 1. The average Bonchev–Trinajstić information content (AvgIpc) is 3.08. The Hall–Kier alpha value is -3.35. The summed E-state index contributed by atoms with van der Waals surface area (Å²) >= 11 is 0. The normalized spacial score (nSPS) is 12.2.